The Balaban J connectivity index is 2.08. The van der Waals surface area contributed by atoms with E-state index in [0.717, 1.165) is 6.08 Å². The highest BCUT2D eigenvalue weighted by Crippen LogP contribution is 2.08. The summed E-state index contributed by atoms with van der Waals surface area (Å²) in [7, 11) is 0. The maximum Gasteiger partial charge on any atom is 0.330 e. The number of esters is 1. The van der Waals surface area contributed by atoms with Crippen LogP contribution >= 0.6 is 11.3 Å². The molecule has 0 N–H and O–H groups in total. The lowest BCUT2D eigenvalue weighted by atomic mass is 10.6. The first kappa shape index (κ1) is 9.73. The number of hydrogen-bond donors (Lipinski definition) is 0. The van der Waals surface area contributed by atoms with Gasteiger partial charge in [0.15, 0.2) is 0 Å². The molecule has 0 aromatic carbocycles. The minimum atomic E-state index is -0.443. The first-order valence-corrected chi connectivity index (χ1v) is 4.57. The van der Waals surface area contributed by atoms with Crippen molar-refractivity contribution in [2.45, 2.75) is 0 Å². The fourth-order valence-electron chi connectivity index (χ4n) is 0.620. The molecule has 1 aromatic rings. The Labute approximate surface area is 79.8 Å². The predicted octanol–water partition coefficient (Wildman–Crippen LogP) is 1.25. The monoisotopic (exact) mass is 199 g/mol. The van der Waals surface area contributed by atoms with Crippen LogP contribution in [0.4, 0.5) is 0 Å². The molecule has 1 heterocycles. The van der Waals surface area contributed by atoms with E-state index in [9.17, 15) is 4.79 Å². The van der Waals surface area contributed by atoms with Gasteiger partial charge in [-0.3, -0.25) is 0 Å². The molecule has 0 radical (unpaired) electrons. The van der Waals surface area contributed by atoms with Crippen molar-refractivity contribution in [3.63, 3.8) is 0 Å². The van der Waals surface area contributed by atoms with Crippen molar-refractivity contribution < 1.29 is 14.3 Å². The zero-order chi connectivity index (χ0) is 9.52. The van der Waals surface area contributed by atoms with Gasteiger partial charge in [-0.1, -0.05) is 6.58 Å². The molecule has 0 aliphatic heterocycles. The van der Waals surface area contributed by atoms with Crippen LogP contribution in [-0.2, 0) is 9.53 Å². The highest BCUT2D eigenvalue weighted by atomic mass is 32.1. The Kier molecular flexibility index (Phi) is 3.98. The van der Waals surface area contributed by atoms with Crippen LogP contribution in [0.5, 0.6) is 5.88 Å². The van der Waals surface area contributed by atoms with Crippen molar-refractivity contribution in [3.05, 3.63) is 23.5 Å². The summed E-state index contributed by atoms with van der Waals surface area (Å²) in [6.07, 6.45) is 1.11. The molecule has 0 spiro atoms. The van der Waals surface area contributed by atoms with Crippen molar-refractivity contribution in [2.24, 2.45) is 0 Å². The lowest BCUT2D eigenvalue weighted by Crippen LogP contribution is -2.10. The summed E-state index contributed by atoms with van der Waals surface area (Å²) in [6.45, 7) is 3.78. The molecule has 0 fully saturated rings. The SMILES string of the molecule is C=CC(=O)OCCOc1cscn1. The van der Waals surface area contributed by atoms with E-state index in [1.807, 2.05) is 0 Å². The van der Waals surface area contributed by atoms with E-state index < -0.39 is 5.97 Å². The van der Waals surface area contributed by atoms with Crippen LogP contribution in [0.3, 0.4) is 0 Å². The van der Waals surface area contributed by atoms with Gasteiger partial charge >= 0.3 is 5.97 Å². The van der Waals surface area contributed by atoms with Crippen molar-refractivity contribution in [2.75, 3.05) is 13.2 Å². The van der Waals surface area contributed by atoms with Crippen molar-refractivity contribution >= 4 is 17.3 Å². The van der Waals surface area contributed by atoms with Crippen molar-refractivity contribution in [1.29, 1.82) is 0 Å². The average molecular weight is 199 g/mol. The van der Waals surface area contributed by atoms with Gasteiger partial charge in [-0.2, -0.15) is 0 Å². The van der Waals surface area contributed by atoms with E-state index >= 15 is 0 Å². The van der Waals surface area contributed by atoms with Crippen LogP contribution in [0.2, 0.25) is 0 Å². The largest absolute Gasteiger partial charge is 0.473 e. The zero-order valence-electron chi connectivity index (χ0n) is 6.93. The van der Waals surface area contributed by atoms with Gasteiger partial charge in [0.1, 0.15) is 13.2 Å². The molecule has 13 heavy (non-hydrogen) atoms. The topological polar surface area (TPSA) is 48.4 Å². The summed E-state index contributed by atoms with van der Waals surface area (Å²) in [5.41, 5.74) is 1.67. The van der Waals surface area contributed by atoms with Gasteiger partial charge in [0.2, 0.25) is 5.88 Å². The molecule has 4 nitrogen and oxygen atoms in total. The quantitative estimate of drug-likeness (QED) is 0.407. The molecule has 1 aromatic heterocycles. The van der Waals surface area contributed by atoms with E-state index in [4.69, 9.17) is 4.74 Å². The van der Waals surface area contributed by atoms with Crippen LogP contribution in [0.15, 0.2) is 23.5 Å². The molecular formula is C8H9NO3S. The lowest BCUT2D eigenvalue weighted by molar-refractivity contribution is -0.138. The van der Waals surface area contributed by atoms with Gasteiger partial charge < -0.3 is 9.47 Å². The molecule has 0 saturated heterocycles. The summed E-state index contributed by atoms with van der Waals surface area (Å²) in [6, 6.07) is 0. The average Bonchev–Trinajstić information content (AvgIpc) is 2.64. The summed E-state index contributed by atoms with van der Waals surface area (Å²) >= 11 is 1.45. The number of hydrogen-bond acceptors (Lipinski definition) is 5. The summed E-state index contributed by atoms with van der Waals surface area (Å²) in [5, 5.41) is 1.77. The van der Waals surface area contributed by atoms with E-state index in [1.165, 1.54) is 11.3 Å². The second-order valence-corrected chi connectivity index (χ2v) is 2.77. The molecule has 0 saturated carbocycles. The van der Waals surface area contributed by atoms with E-state index in [0.29, 0.717) is 12.5 Å². The van der Waals surface area contributed by atoms with Gasteiger partial charge in [-0.15, -0.1) is 11.3 Å². The molecule has 0 aliphatic carbocycles. The molecule has 70 valence electrons. The number of aromatic nitrogens is 1. The lowest BCUT2D eigenvalue weighted by Gasteiger charge is -2.02. The van der Waals surface area contributed by atoms with E-state index in [1.54, 1.807) is 10.9 Å². The highest BCUT2D eigenvalue weighted by Gasteiger charge is 1.97. The molecule has 0 amide bonds. The van der Waals surface area contributed by atoms with E-state index in [-0.39, 0.29) is 6.61 Å². The van der Waals surface area contributed by atoms with Crippen LogP contribution in [0, 0.1) is 0 Å². The predicted molar refractivity (Wildman–Crippen MR) is 48.8 cm³/mol. The van der Waals surface area contributed by atoms with Crippen LogP contribution in [0.1, 0.15) is 0 Å². The number of thiazole rings is 1. The van der Waals surface area contributed by atoms with Crippen LogP contribution in [0.25, 0.3) is 0 Å². The minimum Gasteiger partial charge on any atom is -0.473 e. The van der Waals surface area contributed by atoms with Crippen molar-refractivity contribution in [3.8, 4) is 5.88 Å². The van der Waals surface area contributed by atoms with Gasteiger partial charge in [-0.05, 0) is 0 Å². The summed E-state index contributed by atoms with van der Waals surface area (Å²) < 4.78 is 9.81. The number of nitrogens with zero attached hydrogens (tertiary/aromatic N) is 1. The Hall–Kier alpha value is -1.36. The third kappa shape index (κ3) is 3.71. The van der Waals surface area contributed by atoms with Crippen LogP contribution < -0.4 is 4.74 Å². The Bertz CT molecular complexity index is 271. The third-order valence-corrected chi connectivity index (χ3v) is 1.72. The summed E-state index contributed by atoms with van der Waals surface area (Å²) in [5.74, 6) is 0.113. The molecule has 5 heteroatoms. The molecule has 0 atom stereocenters. The minimum absolute atomic E-state index is 0.211. The van der Waals surface area contributed by atoms with Crippen molar-refractivity contribution in [1.82, 2.24) is 4.98 Å². The number of ether oxygens (including phenoxy) is 2. The molecule has 0 bridgehead atoms. The fourth-order valence-corrected chi connectivity index (χ4v) is 1.09. The second kappa shape index (κ2) is 5.31. The van der Waals surface area contributed by atoms with E-state index in [2.05, 4.69) is 16.3 Å². The Morgan fingerprint density at radius 1 is 1.69 bits per heavy atom. The Morgan fingerprint density at radius 3 is 3.15 bits per heavy atom. The highest BCUT2D eigenvalue weighted by molar-refractivity contribution is 7.07. The fraction of sp³-hybridized carbons (Fsp3) is 0.250. The van der Waals surface area contributed by atoms with Gasteiger partial charge in [0, 0.05) is 6.08 Å². The zero-order valence-corrected chi connectivity index (χ0v) is 7.75. The standard InChI is InChI=1S/C8H9NO3S/c1-2-8(10)12-4-3-11-7-5-13-6-9-7/h2,5-6H,1,3-4H2. The maximum absolute atomic E-state index is 10.6. The van der Waals surface area contributed by atoms with Gasteiger partial charge in [0.05, 0.1) is 10.9 Å². The normalized spacial score (nSPS) is 9.23. The molecular weight excluding hydrogens is 190 g/mol. The third-order valence-electron chi connectivity index (χ3n) is 1.15. The number of carbonyl (C=O) groups is 1. The second-order valence-electron chi connectivity index (χ2n) is 2.05. The molecule has 0 unspecified atom stereocenters. The number of carbonyl (C=O) groups excluding carboxylic acids is 1. The maximum atomic E-state index is 10.6. The Morgan fingerprint density at radius 2 is 2.54 bits per heavy atom. The smallest absolute Gasteiger partial charge is 0.330 e. The van der Waals surface area contributed by atoms with Gasteiger partial charge in [-0.25, -0.2) is 9.78 Å². The first-order chi connectivity index (χ1) is 6.33. The van der Waals surface area contributed by atoms with Crippen LogP contribution in [-0.4, -0.2) is 24.2 Å². The summed E-state index contributed by atoms with van der Waals surface area (Å²) in [4.78, 5) is 14.5. The molecule has 0 aliphatic rings. The van der Waals surface area contributed by atoms with Gasteiger partial charge in [0.25, 0.3) is 0 Å². The molecule has 1 rings (SSSR count). The number of rotatable bonds is 5. The first-order valence-electron chi connectivity index (χ1n) is 3.63.